The molecule has 10 heteroatoms. The Morgan fingerprint density at radius 2 is 2.12 bits per heavy atom. The van der Waals surface area contributed by atoms with Gasteiger partial charge < -0.3 is 4.74 Å². The molecule has 84 valence electrons. The largest absolute Gasteiger partial charge is 0.467 e. The lowest BCUT2D eigenvalue weighted by atomic mass is 11.0. The highest BCUT2D eigenvalue weighted by molar-refractivity contribution is 7.99. The third kappa shape index (κ3) is 2.36. The Labute approximate surface area is 99.4 Å². The monoisotopic (exact) mass is 259 g/mol. The van der Waals surface area contributed by atoms with Gasteiger partial charge in [-0.2, -0.15) is 15.0 Å². The Kier molecular flexibility index (Phi) is 3.15. The third-order valence-corrected chi connectivity index (χ3v) is 2.58. The summed E-state index contributed by atoms with van der Waals surface area (Å²) in [5.41, 5.74) is 0. The molecule has 0 aromatic carbocycles. The summed E-state index contributed by atoms with van der Waals surface area (Å²) in [5.74, 6) is 0. The van der Waals surface area contributed by atoms with E-state index in [1.54, 1.807) is 7.05 Å². The summed E-state index contributed by atoms with van der Waals surface area (Å²) >= 11 is 6.86. The number of hydrogen-bond acceptors (Lipinski definition) is 8. The van der Waals surface area contributed by atoms with Crippen molar-refractivity contribution in [2.24, 2.45) is 7.05 Å². The van der Waals surface area contributed by atoms with Gasteiger partial charge in [0.25, 0.3) is 0 Å². The Balaban J connectivity index is 2.28. The number of halogens is 1. The van der Waals surface area contributed by atoms with Crippen LogP contribution in [0.3, 0.4) is 0 Å². The zero-order chi connectivity index (χ0) is 11.5. The van der Waals surface area contributed by atoms with Crippen LogP contribution in [0, 0.1) is 0 Å². The van der Waals surface area contributed by atoms with Gasteiger partial charge in [-0.15, -0.1) is 5.10 Å². The van der Waals surface area contributed by atoms with Crippen molar-refractivity contribution < 1.29 is 4.74 Å². The minimum absolute atomic E-state index is 0.0597. The highest BCUT2D eigenvalue weighted by Gasteiger charge is 2.10. The summed E-state index contributed by atoms with van der Waals surface area (Å²) in [6.07, 6.45) is 0. The summed E-state index contributed by atoms with van der Waals surface area (Å²) in [4.78, 5) is 11.7. The predicted molar refractivity (Wildman–Crippen MR) is 54.3 cm³/mol. The summed E-state index contributed by atoms with van der Waals surface area (Å²) in [7, 11) is 3.16. The topological polar surface area (TPSA) is 91.5 Å². The molecule has 0 N–H and O–H groups in total. The molecule has 0 amide bonds. The molecule has 0 atom stereocenters. The Morgan fingerprint density at radius 1 is 1.31 bits per heavy atom. The van der Waals surface area contributed by atoms with Crippen molar-refractivity contribution in [2.45, 2.75) is 10.3 Å². The minimum Gasteiger partial charge on any atom is -0.467 e. The van der Waals surface area contributed by atoms with E-state index in [1.807, 2.05) is 0 Å². The molecule has 0 fully saturated rings. The molecule has 2 aromatic heterocycles. The van der Waals surface area contributed by atoms with Gasteiger partial charge in [0.2, 0.25) is 15.6 Å². The van der Waals surface area contributed by atoms with E-state index in [0.29, 0.717) is 10.3 Å². The van der Waals surface area contributed by atoms with Crippen molar-refractivity contribution in [2.75, 3.05) is 7.11 Å². The number of aromatic nitrogens is 7. The maximum Gasteiger partial charge on any atom is 0.321 e. The predicted octanol–water partition coefficient (Wildman–Crippen LogP) is 0.208. The number of tetrazole rings is 1. The van der Waals surface area contributed by atoms with Crippen molar-refractivity contribution in [3.63, 3.8) is 0 Å². The van der Waals surface area contributed by atoms with Gasteiger partial charge in [-0.05, 0) is 33.8 Å². The fraction of sp³-hybridized carbons (Fsp3) is 0.333. The second-order valence-electron chi connectivity index (χ2n) is 2.56. The lowest BCUT2D eigenvalue weighted by molar-refractivity contribution is 0.373. The van der Waals surface area contributed by atoms with Gasteiger partial charge in [-0.25, -0.2) is 4.68 Å². The highest BCUT2D eigenvalue weighted by atomic mass is 35.5. The fourth-order valence-electron chi connectivity index (χ4n) is 0.841. The normalized spacial score (nSPS) is 10.4. The SMILES string of the molecule is COc1nc(Cl)nc(Sc2nnnn2C)n1. The number of hydrogen-bond donors (Lipinski definition) is 0. The van der Waals surface area contributed by atoms with Crippen molar-refractivity contribution >= 4 is 23.4 Å². The zero-order valence-corrected chi connectivity index (χ0v) is 9.90. The molecule has 0 unspecified atom stereocenters. The van der Waals surface area contributed by atoms with Gasteiger partial charge in [0.1, 0.15) is 0 Å². The molecular weight excluding hydrogens is 254 g/mol. The van der Waals surface area contributed by atoms with E-state index in [-0.39, 0.29) is 11.3 Å². The van der Waals surface area contributed by atoms with Crippen molar-refractivity contribution in [3.8, 4) is 6.01 Å². The fourth-order valence-corrected chi connectivity index (χ4v) is 1.71. The standard InChI is InChI=1S/C6H6ClN7OS/c1-14-6(11-12-13-14)16-5-9-3(7)8-4(10-5)15-2/h1-2H3. The molecule has 16 heavy (non-hydrogen) atoms. The molecular formula is C6H6ClN7OS. The van der Waals surface area contributed by atoms with Gasteiger partial charge in [0.05, 0.1) is 7.11 Å². The van der Waals surface area contributed by atoms with Crippen LogP contribution >= 0.6 is 23.4 Å². The van der Waals surface area contributed by atoms with Gasteiger partial charge in [-0.3, -0.25) is 0 Å². The van der Waals surface area contributed by atoms with Crippen LogP contribution in [0.1, 0.15) is 0 Å². The first-order valence-corrected chi connectivity index (χ1v) is 5.24. The van der Waals surface area contributed by atoms with Crippen LogP contribution in [0.2, 0.25) is 5.28 Å². The molecule has 0 aliphatic carbocycles. The molecule has 0 radical (unpaired) electrons. The van der Waals surface area contributed by atoms with Crippen LogP contribution in [-0.4, -0.2) is 42.3 Å². The zero-order valence-electron chi connectivity index (χ0n) is 8.32. The van der Waals surface area contributed by atoms with Crippen molar-refractivity contribution in [3.05, 3.63) is 5.28 Å². The highest BCUT2D eigenvalue weighted by Crippen LogP contribution is 2.23. The molecule has 2 heterocycles. The molecule has 8 nitrogen and oxygen atoms in total. The molecule has 0 saturated carbocycles. The van der Waals surface area contributed by atoms with E-state index in [4.69, 9.17) is 16.3 Å². The number of aryl methyl sites for hydroxylation is 1. The molecule has 0 bridgehead atoms. The van der Waals surface area contributed by atoms with E-state index in [2.05, 4.69) is 30.5 Å². The lowest BCUT2D eigenvalue weighted by Crippen LogP contribution is -1.98. The van der Waals surface area contributed by atoms with Gasteiger partial charge in [0.15, 0.2) is 0 Å². The second kappa shape index (κ2) is 4.58. The lowest BCUT2D eigenvalue weighted by Gasteiger charge is -2.00. The van der Waals surface area contributed by atoms with E-state index in [1.165, 1.54) is 11.8 Å². The van der Waals surface area contributed by atoms with Crippen LogP contribution in [0.15, 0.2) is 10.3 Å². The number of methoxy groups -OCH3 is 1. The minimum atomic E-state index is 0.0597. The third-order valence-electron chi connectivity index (χ3n) is 1.51. The average Bonchev–Trinajstić information content (AvgIpc) is 2.63. The maximum atomic E-state index is 5.69. The second-order valence-corrected chi connectivity index (χ2v) is 3.83. The first-order valence-electron chi connectivity index (χ1n) is 4.05. The van der Waals surface area contributed by atoms with E-state index >= 15 is 0 Å². The van der Waals surface area contributed by atoms with Crippen LogP contribution in [0.4, 0.5) is 0 Å². The summed E-state index contributed by atoms with van der Waals surface area (Å²) in [6, 6.07) is 0.151. The van der Waals surface area contributed by atoms with Gasteiger partial charge >= 0.3 is 6.01 Å². The van der Waals surface area contributed by atoms with Crippen LogP contribution in [-0.2, 0) is 7.05 Å². The number of ether oxygens (including phenoxy) is 1. The molecule has 0 saturated heterocycles. The summed E-state index contributed by atoms with van der Waals surface area (Å²) < 4.78 is 6.36. The molecule has 0 aliphatic rings. The molecule has 2 aromatic rings. The first-order chi connectivity index (χ1) is 7.69. The van der Waals surface area contributed by atoms with E-state index < -0.39 is 0 Å². The first kappa shape index (κ1) is 11.0. The Morgan fingerprint density at radius 3 is 2.75 bits per heavy atom. The van der Waals surface area contributed by atoms with Gasteiger partial charge in [-0.1, -0.05) is 0 Å². The van der Waals surface area contributed by atoms with E-state index in [0.717, 1.165) is 11.8 Å². The quantitative estimate of drug-likeness (QED) is 0.772. The molecule has 2 rings (SSSR count). The Hall–Kier alpha value is -1.48. The Bertz CT molecular complexity index is 503. The van der Waals surface area contributed by atoms with E-state index in [9.17, 15) is 0 Å². The van der Waals surface area contributed by atoms with Crippen LogP contribution in [0.5, 0.6) is 6.01 Å². The van der Waals surface area contributed by atoms with Crippen LogP contribution in [0.25, 0.3) is 0 Å². The molecule has 0 spiro atoms. The smallest absolute Gasteiger partial charge is 0.321 e. The average molecular weight is 260 g/mol. The van der Waals surface area contributed by atoms with Crippen LogP contribution < -0.4 is 4.74 Å². The number of rotatable bonds is 3. The molecule has 0 aliphatic heterocycles. The van der Waals surface area contributed by atoms with Crippen molar-refractivity contribution in [1.82, 2.24) is 35.2 Å². The number of nitrogens with zero attached hydrogens (tertiary/aromatic N) is 7. The van der Waals surface area contributed by atoms with Gasteiger partial charge in [0, 0.05) is 7.05 Å². The summed E-state index contributed by atoms with van der Waals surface area (Å²) in [6.45, 7) is 0. The summed E-state index contributed by atoms with van der Waals surface area (Å²) in [5, 5.41) is 11.9. The van der Waals surface area contributed by atoms with Crippen molar-refractivity contribution in [1.29, 1.82) is 0 Å². The maximum absolute atomic E-state index is 5.69.